The molecule has 3 aromatic rings. The van der Waals surface area contributed by atoms with Gasteiger partial charge in [0.25, 0.3) is 0 Å². The minimum atomic E-state index is -4.29. The van der Waals surface area contributed by atoms with Crippen molar-refractivity contribution in [3.8, 4) is 5.75 Å². The van der Waals surface area contributed by atoms with Crippen LogP contribution in [-0.2, 0) is 17.9 Å². The van der Waals surface area contributed by atoms with Crippen molar-refractivity contribution in [1.29, 1.82) is 0 Å². The number of anilines is 1. The smallest absolute Gasteiger partial charge is 0.397 e. The van der Waals surface area contributed by atoms with Gasteiger partial charge < -0.3 is 4.74 Å². The quantitative estimate of drug-likeness (QED) is 0.329. The lowest BCUT2D eigenvalue weighted by molar-refractivity contribution is -0.194. The second-order valence-electron chi connectivity index (χ2n) is 9.70. The van der Waals surface area contributed by atoms with Crippen LogP contribution in [0.3, 0.4) is 0 Å². The first-order valence-corrected chi connectivity index (χ1v) is 12.5. The summed E-state index contributed by atoms with van der Waals surface area (Å²) in [6, 6.07) is 12.4. The van der Waals surface area contributed by atoms with Gasteiger partial charge in [0.2, 0.25) is 5.91 Å². The van der Waals surface area contributed by atoms with E-state index in [0.29, 0.717) is 41.8 Å². The molecule has 2 aromatic heterocycles. The Hall–Kier alpha value is -2.53. The molecule has 0 atom stereocenters. The van der Waals surface area contributed by atoms with Gasteiger partial charge >= 0.3 is 6.18 Å². The van der Waals surface area contributed by atoms with Gasteiger partial charge in [0.05, 0.1) is 18.8 Å². The van der Waals surface area contributed by atoms with Crippen molar-refractivity contribution in [2.45, 2.75) is 39.0 Å². The highest BCUT2D eigenvalue weighted by Crippen LogP contribution is 2.57. The van der Waals surface area contributed by atoms with Crippen LogP contribution in [0.25, 0.3) is 0 Å². The SMILES string of the molecule is Cc1cc(N2CCN(Cc3ccccn3)CC2=O)nn1Cc1cc(Cl)ccc1OCC1(C(F)(F)F)CC1.Cl.Cl. The first kappa shape index (κ1) is 31.0. The number of rotatable bonds is 8. The van der Waals surface area contributed by atoms with Crippen LogP contribution in [0.2, 0.25) is 5.02 Å². The number of alkyl halides is 3. The third-order valence-corrected chi connectivity index (χ3v) is 7.19. The Labute approximate surface area is 242 Å². The summed E-state index contributed by atoms with van der Waals surface area (Å²) < 4.78 is 47.4. The fourth-order valence-electron chi connectivity index (χ4n) is 4.45. The number of pyridine rings is 1. The number of halogens is 6. The van der Waals surface area contributed by atoms with Gasteiger partial charge in [-0.3, -0.25) is 24.3 Å². The van der Waals surface area contributed by atoms with Crippen molar-refractivity contribution in [2.75, 3.05) is 31.1 Å². The van der Waals surface area contributed by atoms with Gasteiger partial charge in [0.15, 0.2) is 5.82 Å². The standard InChI is InChI=1S/C26H27ClF3N5O2.2ClH/c1-18-12-23(34-11-10-33(16-24(34)36)15-21-4-2-3-9-31-21)32-35(18)14-19-13-20(27)5-6-22(19)37-17-25(7-8-25)26(28,29)30;;/h2-6,9,12-13H,7-8,10-11,14-17H2,1H3;2*1H. The summed E-state index contributed by atoms with van der Waals surface area (Å²) in [5, 5.41) is 5.08. The molecule has 1 aliphatic heterocycles. The third-order valence-electron chi connectivity index (χ3n) is 6.96. The summed E-state index contributed by atoms with van der Waals surface area (Å²) in [5.41, 5.74) is 0.567. The predicted molar refractivity (Wildman–Crippen MR) is 147 cm³/mol. The number of benzene rings is 1. The fraction of sp³-hybridized carbons (Fsp3) is 0.423. The van der Waals surface area contributed by atoms with E-state index in [-0.39, 0.29) is 56.7 Å². The lowest BCUT2D eigenvalue weighted by atomic mass is 10.1. The van der Waals surface area contributed by atoms with E-state index < -0.39 is 18.2 Å². The molecule has 0 bridgehead atoms. The second-order valence-corrected chi connectivity index (χ2v) is 10.1. The Balaban J connectivity index is 0.00000210. The average Bonchev–Trinajstić information content (AvgIpc) is 3.57. The summed E-state index contributed by atoms with van der Waals surface area (Å²) in [6.45, 7) is 3.72. The van der Waals surface area contributed by atoms with Crippen LogP contribution in [0.15, 0.2) is 48.7 Å². The molecular formula is C26H29Cl3F3N5O2. The van der Waals surface area contributed by atoms with Crippen LogP contribution in [0.5, 0.6) is 5.75 Å². The molecule has 39 heavy (non-hydrogen) atoms. The molecule has 3 heterocycles. The largest absolute Gasteiger partial charge is 0.492 e. The lowest BCUT2D eigenvalue weighted by Gasteiger charge is -2.32. The zero-order valence-corrected chi connectivity index (χ0v) is 23.5. The zero-order valence-electron chi connectivity index (χ0n) is 21.2. The molecule has 7 nitrogen and oxygen atoms in total. The zero-order chi connectivity index (χ0) is 26.2. The molecule has 5 rings (SSSR count). The fourth-order valence-corrected chi connectivity index (χ4v) is 4.65. The van der Waals surface area contributed by atoms with Crippen LogP contribution >= 0.6 is 36.4 Å². The van der Waals surface area contributed by atoms with Crippen molar-refractivity contribution >= 4 is 48.1 Å². The van der Waals surface area contributed by atoms with E-state index in [9.17, 15) is 18.0 Å². The van der Waals surface area contributed by atoms with Crippen molar-refractivity contribution in [3.05, 3.63) is 70.6 Å². The Morgan fingerprint density at radius 1 is 1.08 bits per heavy atom. The number of ether oxygens (including phenoxy) is 1. The summed E-state index contributed by atoms with van der Waals surface area (Å²) >= 11 is 6.19. The van der Waals surface area contributed by atoms with E-state index >= 15 is 0 Å². The number of carbonyl (C=O) groups is 1. The summed E-state index contributed by atoms with van der Waals surface area (Å²) in [5.74, 6) is 0.828. The molecule has 0 N–H and O–H groups in total. The lowest BCUT2D eigenvalue weighted by Crippen LogP contribution is -2.50. The van der Waals surface area contributed by atoms with E-state index in [1.165, 1.54) is 0 Å². The maximum atomic E-state index is 13.4. The van der Waals surface area contributed by atoms with Gasteiger partial charge in [0.1, 0.15) is 17.8 Å². The first-order valence-electron chi connectivity index (χ1n) is 12.1. The van der Waals surface area contributed by atoms with Crippen LogP contribution in [-0.4, -0.2) is 58.0 Å². The van der Waals surface area contributed by atoms with Gasteiger partial charge in [-0.05, 0) is 50.1 Å². The van der Waals surface area contributed by atoms with Crippen molar-refractivity contribution < 1.29 is 22.7 Å². The van der Waals surface area contributed by atoms with Crippen molar-refractivity contribution in [1.82, 2.24) is 19.7 Å². The van der Waals surface area contributed by atoms with Crippen LogP contribution in [0.1, 0.15) is 29.8 Å². The monoisotopic (exact) mass is 605 g/mol. The Kier molecular flexibility index (Phi) is 9.80. The molecule has 0 spiro atoms. The van der Waals surface area contributed by atoms with Gasteiger partial charge in [0, 0.05) is 48.2 Å². The number of amides is 1. The number of piperazine rings is 1. The average molecular weight is 607 g/mol. The maximum absolute atomic E-state index is 13.4. The highest BCUT2D eigenvalue weighted by Gasteiger charge is 2.63. The Morgan fingerprint density at radius 3 is 2.49 bits per heavy atom. The molecular weight excluding hydrogens is 578 g/mol. The summed E-state index contributed by atoms with van der Waals surface area (Å²) in [6.07, 6.45) is -2.41. The molecule has 2 fully saturated rings. The van der Waals surface area contributed by atoms with Crippen molar-refractivity contribution in [3.63, 3.8) is 0 Å². The maximum Gasteiger partial charge on any atom is 0.397 e. The number of hydrogen-bond acceptors (Lipinski definition) is 5. The van der Waals surface area contributed by atoms with E-state index in [4.69, 9.17) is 16.3 Å². The summed E-state index contributed by atoms with van der Waals surface area (Å²) in [4.78, 5) is 21.0. The van der Waals surface area contributed by atoms with Crippen molar-refractivity contribution in [2.24, 2.45) is 5.41 Å². The van der Waals surface area contributed by atoms with Crippen LogP contribution in [0, 0.1) is 12.3 Å². The molecule has 1 aliphatic carbocycles. The van der Waals surface area contributed by atoms with E-state index in [1.54, 1.807) is 34.0 Å². The molecule has 1 aromatic carbocycles. The first-order chi connectivity index (χ1) is 17.6. The molecule has 1 amide bonds. The molecule has 1 saturated heterocycles. The molecule has 1 saturated carbocycles. The highest BCUT2D eigenvalue weighted by atomic mass is 35.5. The van der Waals surface area contributed by atoms with Gasteiger partial charge in [-0.1, -0.05) is 17.7 Å². The molecule has 0 radical (unpaired) electrons. The number of nitrogens with zero attached hydrogens (tertiary/aromatic N) is 5. The van der Waals surface area contributed by atoms with Crippen LogP contribution in [0.4, 0.5) is 19.0 Å². The number of hydrogen-bond donors (Lipinski definition) is 0. The van der Waals surface area contributed by atoms with Crippen LogP contribution < -0.4 is 9.64 Å². The van der Waals surface area contributed by atoms with Gasteiger partial charge in [-0.25, -0.2) is 0 Å². The Bertz CT molecular complexity index is 1290. The van der Waals surface area contributed by atoms with E-state index in [2.05, 4.69) is 10.1 Å². The molecule has 2 aliphatic rings. The Morgan fingerprint density at radius 2 is 1.85 bits per heavy atom. The third kappa shape index (κ3) is 6.98. The number of carbonyl (C=O) groups excluding carboxylic acids is 1. The number of aryl methyl sites for hydroxylation is 1. The minimum absolute atomic E-state index is 0. The van der Waals surface area contributed by atoms with Gasteiger partial charge in [-0.15, -0.1) is 24.8 Å². The molecule has 13 heteroatoms. The van der Waals surface area contributed by atoms with Gasteiger partial charge in [-0.2, -0.15) is 18.3 Å². The topological polar surface area (TPSA) is 63.5 Å². The summed E-state index contributed by atoms with van der Waals surface area (Å²) in [7, 11) is 0. The normalized spacial score (nSPS) is 16.8. The van der Waals surface area contributed by atoms with E-state index in [1.807, 2.05) is 36.1 Å². The highest BCUT2D eigenvalue weighted by molar-refractivity contribution is 6.30. The molecule has 0 unspecified atom stereocenters. The molecule has 212 valence electrons. The minimum Gasteiger partial charge on any atom is -0.492 e. The second kappa shape index (κ2) is 12.3. The van der Waals surface area contributed by atoms with E-state index in [0.717, 1.165) is 11.4 Å². The predicted octanol–water partition coefficient (Wildman–Crippen LogP) is 5.70. The number of aromatic nitrogens is 3.